The molecular formula is C16H11N3O2S. The molecule has 1 unspecified atom stereocenters. The molecule has 5 nitrogen and oxygen atoms in total. The number of amides is 1. The predicted molar refractivity (Wildman–Crippen MR) is 83.9 cm³/mol. The first kappa shape index (κ1) is 13.1. The summed E-state index contributed by atoms with van der Waals surface area (Å²) in [6.07, 6.45) is 0. The average Bonchev–Trinajstić information content (AvgIpc) is 3.18. The topological polar surface area (TPSA) is 70.9 Å². The number of carbonyl (C=O) groups is 2. The number of nitrogens with zero attached hydrogens (tertiary/aromatic N) is 2. The Labute approximate surface area is 130 Å². The Morgan fingerprint density at radius 3 is 2.86 bits per heavy atom. The molecule has 2 aromatic rings. The molecule has 22 heavy (non-hydrogen) atoms. The van der Waals surface area contributed by atoms with Gasteiger partial charge in [0.05, 0.1) is 21.7 Å². The number of carbonyl (C=O) groups excluding carboxylic acids is 2. The molecule has 1 N–H and O–H groups in total. The first-order valence-electron chi connectivity index (χ1n) is 6.81. The lowest BCUT2D eigenvalue weighted by Crippen LogP contribution is -2.10. The number of fused-ring (bicyclic) bond motifs is 3. The normalized spacial score (nSPS) is 18.6. The Morgan fingerprint density at radius 1 is 1.27 bits per heavy atom. The maximum Gasteiger partial charge on any atom is 0.221 e. The number of benzene rings is 1. The van der Waals surface area contributed by atoms with E-state index in [9.17, 15) is 9.59 Å². The van der Waals surface area contributed by atoms with Crippen molar-refractivity contribution in [2.45, 2.75) is 13.0 Å². The smallest absolute Gasteiger partial charge is 0.221 e. The summed E-state index contributed by atoms with van der Waals surface area (Å²) >= 11 is 1.53. The Morgan fingerprint density at radius 2 is 2.14 bits per heavy atom. The largest absolute Gasteiger partial charge is 0.326 e. The third-order valence-electron chi connectivity index (χ3n) is 3.73. The first-order chi connectivity index (χ1) is 10.7. The van der Waals surface area contributed by atoms with Crippen LogP contribution in [0.1, 0.15) is 33.8 Å². The third kappa shape index (κ3) is 1.77. The van der Waals surface area contributed by atoms with Crippen molar-refractivity contribution in [2.75, 3.05) is 5.32 Å². The molecule has 0 spiro atoms. The highest BCUT2D eigenvalue weighted by atomic mass is 32.1. The van der Waals surface area contributed by atoms with Crippen LogP contribution >= 0.6 is 11.3 Å². The van der Waals surface area contributed by atoms with Crippen LogP contribution in [-0.2, 0) is 4.79 Å². The summed E-state index contributed by atoms with van der Waals surface area (Å²) in [5.41, 5.74) is 3.13. The number of Topliss-reactive ketones (excluding diaryl/α,β-unsaturated/α-hetero) is 1. The van der Waals surface area contributed by atoms with E-state index in [1.807, 2.05) is 29.6 Å². The fourth-order valence-electron chi connectivity index (χ4n) is 2.88. The molecule has 1 aromatic carbocycles. The van der Waals surface area contributed by atoms with Crippen LogP contribution in [0.2, 0.25) is 0 Å². The van der Waals surface area contributed by atoms with Crippen LogP contribution in [0.15, 0.2) is 51.5 Å². The van der Waals surface area contributed by atoms with E-state index in [0.29, 0.717) is 22.5 Å². The van der Waals surface area contributed by atoms with Gasteiger partial charge in [-0.2, -0.15) is 10.2 Å². The van der Waals surface area contributed by atoms with Crippen LogP contribution < -0.4 is 5.32 Å². The monoisotopic (exact) mass is 309 g/mol. The highest BCUT2D eigenvalue weighted by Gasteiger charge is 2.42. The van der Waals surface area contributed by atoms with E-state index in [1.54, 1.807) is 6.07 Å². The minimum absolute atomic E-state index is 0.0993. The van der Waals surface area contributed by atoms with Gasteiger partial charge in [0.2, 0.25) is 5.91 Å². The molecule has 1 aliphatic heterocycles. The van der Waals surface area contributed by atoms with Crippen LogP contribution in [-0.4, -0.2) is 11.7 Å². The number of hydrogen-bond acceptors (Lipinski definition) is 5. The molecule has 108 valence electrons. The Bertz CT molecular complexity index is 866. The second-order valence-corrected chi connectivity index (χ2v) is 6.09. The van der Waals surface area contributed by atoms with Gasteiger partial charge in [-0.25, -0.2) is 0 Å². The van der Waals surface area contributed by atoms with Gasteiger partial charge in [0.25, 0.3) is 0 Å². The highest BCUT2D eigenvalue weighted by molar-refractivity contribution is 7.11. The lowest BCUT2D eigenvalue weighted by molar-refractivity contribution is -0.114. The number of ketones is 1. The average molecular weight is 309 g/mol. The van der Waals surface area contributed by atoms with Gasteiger partial charge in [-0.1, -0.05) is 18.2 Å². The Balaban J connectivity index is 1.89. The molecule has 6 heteroatoms. The molecule has 0 bridgehead atoms. The summed E-state index contributed by atoms with van der Waals surface area (Å²) in [7, 11) is 0. The van der Waals surface area contributed by atoms with Crippen molar-refractivity contribution in [3.05, 3.63) is 57.3 Å². The van der Waals surface area contributed by atoms with Gasteiger partial charge in [0.1, 0.15) is 11.7 Å². The Kier molecular flexibility index (Phi) is 2.80. The van der Waals surface area contributed by atoms with Crippen LogP contribution in [0.3, 0.4) is 0 Å². The van der Waals surface area contributed by atoms with E-state index in [0.717, 1.165) is 10.4 Å². The second kappa shape index (κ2) is 4.71. The molecule has 2 heterocycles. The summed E-state index contributed by atoms with van der Waals surface area (Å²) in [6.45, 7) is 1.43. The standard InChI is InChI=1S/C16H11N3O2S/c1-8(20)17-10-5-2-4-9-12(10)16(21)13-14(9)18-19-15(13)11-6-3-7-22-11/h2-7,14H,1H3,(H,17,20). The molecule has 0 saturated heterocycles. The summed E-state index contributed by atoms with van der Waals surface area (Å²) in [6, 6.07) is 8.92. The maximum atomic E-state index is 12.9. The van der Waals surface area contributed by atoms with E-state index >= 15 is 0 Å². The highest BCUT2D eigenvalue weighted by Crippen LogP contribution is 2.49. The number of rotatable bonds is 2. The SMILES string of the molecule is CC(=O)Nc1cccc2c1C(=O)C1=C(c3cccs3)N=NC12. The van der Waals surface area contributed by atoms with E-state index in [1.165, 1.54) is 18.3 Å². The third-order valence-corrected chi connectivity index (χ3v) is 4.61. The molecular weight excluding hydrogens is 298 g/mol. The fourth-order valence-corrected chi connectivity index (χ4v) is 3.60. The van der Waals surface area contributed by atoms with Crippen molar-refractivity contribution >= 4 is 34.4 Å². The summed E-state index contributed by atoms with van der Waals surface area (Å²) < 4.78 is 0. The Hall–Kier alpha value is -2.60. The molecule has 4 rings (SSSR count). The summed E-state index contributed by atoms with van der Waals surface area (Å²) in [5, 5.41) is 13.1. The molecule has 2 aliphatic rings. The zero-order valence-electron chi connectivity index (χ0n) is 11.7. The zero-order valence-corrected chi connectivity index (χ0v) is 12.5. The van der Waals surface area contributed by atoms with Crippen molar-refractivity contribution in [3.8, 4) is 0 Å². The quantitative estimate of drug-likeness (QED) is 0.916. The van der Waals surface area contributed by atoms with Gasteiger partial charge in [-0.3, -0.25) is 9.59 Å². The van der Waals surface area contributed by atoms with Crippen LogP contribution in [0.25, 0.3) is 5.70 Å². The van der Waals surface area contributed by atoms with Crippen LogP contribution in [0.5, 0.6) is 0 Å². The molecule has 0 fully saturated rings. The fraction of sp³-hybridized carbons (Fsp3) is 0.125. The van der Waals surface area contributed by atoms with Crippen molar-refractivity contribution in [2.24, 2.45) is 10.2 Å². The van der Waals surface area contributed by atoms with E-state index in [2.05, 4.69) is 15.5 Å². The molecule has 1 aliphatic carbocycles. The van der Waals surface area contributed by atoms with Crippen molar-refractivity contribution in [1.82, 2.24) is 0 Å². The van der Waals surface area contributed by atoms with Crippen molar-refractivity contribution < 1.29 is 9.59 Å². The minimum atomic E-state index is -0.353. The lowest BCUT2D eigenvalue weighted by Gasteiger charge is -2.07. The van der Waals surface area contributed by atoms with Gasteiger partial charge in [0, 0.05) is 6.92 Å². The number of anilines is 1. The number of hydrogen-bond donors (Lipinski definition) is 1. The van der Waals surface area contributed by atoms with Crippen LogP contribution in [0, 0.1) is 0 Å². The van der Waals surface area contributed by atoms with Gasteiger partial charge in [-0.15, -0.1) is 11.3 Å². The number of nitrogens with one attached hydrogen (secondary N) is 1. The molecule has 0 saturated carbocycles. The second-order valence-electron chi connectivity index (χ2n) is 5.14. The summed E-state index contributed by atoms with van der Waals surface area (Å²) in [5.74, 6) is -0.301. The number of azo groups is 1. The molecule has 1 aromatic heterocycles. The van der Waals surface area contributed by atoms with Gasteiger partial charge in [-0.05, 0) is 23.1 Å². The van der Waals surface area contributed by atoms with Gasteiger partial charge in [0.15, 0.2) is 5.78 Å². The number of thiophene rings is 1. The van der Waals surface area contributed by atoms with E-state index in [4.69, 9.17) is 0 Å². The summed E-state index contributed by atoms with van der Waals surface area (Å²) in [4.78, 5) is 25.1. The van der Waals surface area contributed by atoms with Gasteiger partial charge < -0.3 is 5.32 Å². The maximum absolute atomic E-state index is 12.9. The molecule has 0 radical (unpaired) electrons. The first-order valence-corrected chi connectivity index (χ1v) is 7.69. The van der Waals surface area contributed by atoms with E-state index < -0.39 is 0 Å². The molecule has 1 amide bonds. The van der Waals surface area contributed by atoms with Crippen molar-refractivity contribution in [1.29, 1.82) is 0 Å². The molecule has 1 atom stereocenters. The predicted octanol–water partition coefficient (Wildman–Crippen LogP) is 3.82. The van der Waals surface area contributed by atoms with E-state index in [-0.39, 0.29) is 17.7 Å². The van der Waals surface area contributed by atoms with Gasteiger partial charge >= 0.3 is 0 Å². The minimum Gasteiger partial charge on any atom is -0.326 e. The zero-order chi connectivity index (χ0) is 15.3. The van der Waals surface area contributed by atoms with Crippen LogP contribution in [0.4, 0.5) is 5.69 Å². The van der Waals surface area contributed by atoms with Crippen molar-refractivity contribution in [3.63, 3.8) is 0 Å². The lowest BCUT2D eigenvalue weighted by atomic mass is 10.1.